The van der Waals surface area contributed by atoms with Crippen LogP contribution >= 0.6 is 0 Å². The lowest BCUT2D eigenvalue weighted by Gasteiger charge is -2.16. The first-order chi connectivity index (χ1) is 9.11. The minimum absolute atomic E-state index is 0.864. The van der Waals surface area contributed by atoms with Gasteiger partial charge in [0.1, 0.15) is 0 Å². The molecule has 0 fully saturated rings. The third-order valence-electron chi connectivity index (χ3n) is 4.95. The largest absolute Gasteiger partial charge is 0.0654 e. The van der Waals surface area contributed by atoms with Gasteiger partial charge in [-0.2, -0.15) is 0 Å². The summed E-state index contributed by atoms with van der Waals surface area (Å²) in [6.07, 6.45) is 15.9. The van der Waals surface area contributed by atoms with Gasteiger partial charge < -0.3 is 0 Å². The molecule has 0 saturated carbocycles. The van der Waals surface area contributed by atoms with E-state index in [2.05, 4.69) is 34.6 Å². The van der Waals surface area contributed by atoms with Crippen molar-refractivity contribution in [3.05, 3.63) is 0 Å². The Labute approximate surface area is 123 Å². The van der Waals surface area contributed by atoms with Crippen LogP contribution in [0.2, 0.25) is 0 Å². The molecule has 0 rings (SSSR count). The van der Waals surface area contributed by atoms with E-state index < -0.39 is 0 Å². The molecular weight excluding hydrogens is 228 g/mol. The maximum Gasteiger partial charge on any atom is -0.0417 e. The summed E-state index contributed by atoms with van der Waals surface area (Å²) in [4.78, 5) is 0. The lowest BCUT2D eigenvalue weighted by Crippen LogP contribution is -2.03. The smallest absolute Gasteiger partial charge is 0.0417 e. The van der Waals surface area contributed by atoms with Gasteiger partial charge in [0.25, 0.3) is 0 Å². The SMILES string of the molecule is CCCCCC(CC)CCCCCCC(C)C(C)C. The van der Waals surface area contributed by atoms with Gasteiger partial charge in [0.05, 0.1) is 0 Å². The summed E-state index contributed by atoms with van der Waals surface area (Å²) in [5, 5.41) is 0. The standard InChI is InChI=1S/C19H40/c1-6-8-11-15-19(7-2)16-13-10-9-12-14-18(5)17(3)4/h17-19H,6-16H2,1-5H3. The highest BCUT2D eigenvalue weighted by molar-refractivity contribution is 4.60. The summed E-state index contributed by atoms with van der Waals surface area (Å²) < 4.78 is 0. The van der Waals surface area contributed by atoms with Crippen molar-refractivity contribution >= 4 is 0 Å². The van der Waals surface area contributed by atoms with Crippen LogP contribution in [-0.2, 0) is 0 Å². The van der Waals surface area contributed by atoms with Gasteiger partial charge in [-0.3, -0.25) is 0 Å². The minimum Gasteiger partial charge on any atom is -0.0654 e. The van der Waals surface area contributed by atoms with Crippen molar-refractivity contribution in [2.45, 2.75) is 105 Å². The topological polar surface area (TPSA) is 0 Å². The van der Waals surface area contributed by atoms with E-state index in [-0.39, 0.29) is 0 Å². The molecule has 0 heterocycles. The van der Waals surface area contributed by atoms with E-state index >= 15 is 0 Å². The molecule has 0 amide bonds. The highest BCUT2D eigenvalue weighted by Gasteiger charge is 2.07. The molecule has 0 spiro atoms. The van der Waals surface area contributed by atoms with E-state index in [9.17, 15) is 0 Å². The van der Waals surface area contributed by atoms with Crippen molar-refractivity contribution in [3.8, 4) is 0 Å². The molecule has 0 aliphatic heterocycles. The Bertz CT molecular complexity index is 171. The van der Waals surface area contributed by atoms with Crippen LogP contribution in [0.1, 0.15) is 105 Å². The monoisotopic (exact) mass is 268 g/mol. The Morgan fingerprint density at radius 2 is 1.16 bits per heavy atom. The fourth-order valence-electron chi connectivity index (χ4n) is 2.82. The van der Waals surface area contributed by atoms with Crippen LogP contribution in [0.15, 0.2) is 0 Å². The zero-order chi connectivity index (χ0) is 14.5. The molecule has 0 heteroatoms. The van der Waals surface area contributed by atoms with Gasteiger partial charge in [-0.25, -0.2) is 0 Å². The second kappa shape index (κ2) is 13.0. The maximum atomic E-state index is 2.41. The molecule has 0 aliphatic rings. The summed E-state index contributed by atoms with van der Waals surface area (Å²) in [6, 6.07) is 0. The summed E-state index contributed by atoms with van der Waals surface area (Å²) in [6.45, 7) is 11.8. The van der Waals surface area contributed by atoms with E-state index in [1.54, 1.807) is 0 Å². The molecule has 0 aromatic rings. The number of unbranched alkanes of at least 4 members (excludes halogenated alkanes) is 5. The average molecular weight is 269 g/mol. The molecule has 2 unspecified atom stereocenters. The molecule has 2 atom stereocenters. The number of hydrogen-bond donors (Lipinski definition) is 0. The van der Waals surface area contributed by atoms with Crippen LogP contribution in [0.25, 0.3) is 0 Å². The Kier molecular flexibility index (Phi) is 13.0. The highest BCUT2D eigenvalue weighted by Crippen LogP contribution is 2.22. The zero-order valence-corrected chi connectivity index (χ0v) is 14.5. The van der Waals surface area contributed by atoms with Crippen LogP contribution in [-0.4, -0.2) is 0 Å². The first kappa shape index (κ1) is 19.0. The Morgan fingerprint density at radius 1 is 0.632 bits per heavy atom. The third-order valence-corrected chi connectivity index (χ3v) is 4.95. The summed E-state index contributed by atoms with van der Waals surface area (Å²) >= 11 is 0. The van der Waals surface area contributed by atoms with Gasteiger partial charge in [0.2, 0.25) is 0 Å². The molecule has 0 N–H and O–H groups in total. The quantitative estimate of drug-likeness (QED) is 0.309. The van der Waals surface area contributed by atoms with Crippen LogP contribution in [0.3, 0.4) is 0 Å². The molecule has 19 heavy (non-hydrogen) atoms. The zero-order valence-electron chi connectivity index (χ0n) is 14.5. The van der Waals surface area contributed by atoms with Crippen molar-refractivity contribution < 1.29 is 0 Å². The van der Waals surface area contributed by atoms with Crippen LogP contribution in [0.5, 0.6) is 0 Å². The van der Waals surface area contributed by atoms with Gasteiger partial charge in [0, 0.05) is 0 Å². The highest BCUT2D eigenvalue weighted by atomic mass is 14.1. The Hall–Kier alpha value is 0. The van der Waals surface area contributed by atoms with Gasteiger partial charge >= 0.3 is 0 Å². The van der Waals surface area contributed by atoms with Crippen LogP contribution in [0.4, 0.5) is 0 Å². The molecule has 116 valence electrons. The molecule has 0 saturated heterocycles. The Morgan fingerprint density at radius 3 is 1.63 bits per heavy atom. The fraction of sp³-hybridized carbons (Fsp3) is 1.00. The van der Waals surface area contributed by atoms with Crippen molar-refractivity contribution in [3.63, 3.8) is 0 Å². The van der Waals surface area contributed by atoms with Gasteiger partial charge in [-0.05, 0) is 17.8 Å². The first-order valence-corrected chi connectivity index (χ1v) is 9.11. The van der Waals surface area contributed by atoms with Gasteiger partial charge in [-0.1, -0.05) is 105 Å². The van der Waals surface area contributed by atoms with Crippen molar-refractivity contribution in [1.82, 2.24) is 0 Å². The van der Waals surface area contributed by atoms with Crippen molar-refractivity contribution in [1.29, 1.82) is 0 Å². The Balaban J connectivity index is 3.40. The van der Waals surface area contributed by atoms with Crippen molar-refractivity contribution in [2.75, 3.05) is 0 Å². The lowest BCUT2D eigenvalue weighted by atomic mass is 9.90. The fourth-order valence-corrected chi connectivity index (χ4v) is 2.82. The lowest BCUT2D eigenvalue weighted by molar-refractivity contribution is 0.366. The second-order valence-corrected chi connectivity index (χ2v) is 6.98. The molecule has 0 bridgehead atoms. The van der Waals surface area contributed by atoms with Crippen LogP contribution < -0.4 is 0 Å². The van der Waals surface area contributed by atoms with E-state index in [0.717, 1.165) is 17.8 Å². The predicted octanol–water partition coefficient (Wildman–Crippen LogP) is 7.23. The second-order valence-electron chi connectivity index (χ2n) is 6.98. The summed E-state index contributed by atoms with van der Waals surface area (Å²) in [5.74, 6) is 2.79. The van der Waals surface area contributed by atoms with Gasteiger partial charge in [0.15, 0.2) is 0 Å². The normalized spacial score (nSPS) is 14.8. The first-order valence-electron chi connectivity index (χ1n) is 9.11. The van der Waals surface area contributed by atoms with E-state index in [1.165, 1.54) is 70.6 Å². The third kappa shape index (κ3) is 11.5. The van der Waals surface area contributed by atoms with E-state index in [4.69, 9.17) is 0 Å². The summed E-state index contributed by atoms with van der Waals surface area (Å²) in [7, 11) is 0. The predicted molar refractivity (Wildman–Crippen MR) is 89.6 cm³/mol. The maximum absolute atomic E-state index is 2.41. The minimum atomic E-state index is 0.864. The number of hydrogen-bond acceptors (Lipinski definition) is 0. The molecule has 0 aromatic carbocycles. The van der Waals surface area contributed by atoms with Crippen LogP contribution in [0, 0.1) is 17.8 Å². The molecule has 0 radical (unpaired) electrons. The molecule has 0 aromatic heterocycles. The molecular formula is C19H40. The van der Waals surface area contributed by atoms with Crippen molar-refractivity contribution in [2.24, 2.45) is 17.8 Å². The molecule has 0 nitrogen and oxygen atoms in total. The number of rotatable bonds is 13. The van der Waals surface area contributed by atoms with Gasteiger partial charge in [-0.15, -0.1) is 0 Å². The van der Waals surface area contributed by atoms with E-state index in [0.29, 0.717) is 0 Å². The summed E-state index contributed by atoms with van der Waals surface area (Å²) in [5.41, 5.74) is 0. The van der Waals surface area contributed by atoms with E-state index in [1.807, 2.05) is 0 Å². The average Bonchev–Trinajstić information content (AvgIpc) is 2.40. The molecule has 0 aliphatic carbocycles.